The maximum absolute atomic E-state index is 11.3. The molecule has 0 spiro atoms. The Hall–Kier alpha value is -1.74. The fourth-order valence-electron chi connectivity index (χ4n) is 8.73. The first kappa shape index (κ1) is 149. The molecule has 1 aliphatic rings. The van der Waals surface area contributed by atoms with Gasteiger partial charge in [0.15, 0.2) is 0 Å². The van der Waals surface area contributed by atoms with Crippen LogP contribution in [0.1, 0.15) is 409 Å². The Kier molecular flexibility index (Phi) is 84.5. The molecule has 128 heavy (non-hydrogen) atoms. The van der Waals surface area contributed by atoms with Gasteiger partial charge in [0.05, 0.1) is 152 Å². The summed E-state index contributed by atoms with van der Waals surface area (Å²) in [5.41, 5.74) is 1.75. The van der Waals surface area contributed by atoms with E-state index in [1.54, 1.807) is 0 Å². The molecule has 0 aromatic rings. The highest BCUT2D eigenvalue weighted by atomic mass is 16.7. The van der Waals surface area contributed by atoms with E-state index in [0.717, 1.165) is 125 Å². The molecule has 0 unspecified atom stereocenters. The molecule has 0 bridgehead atoms. The highest BCUT2D eigenvalue weighted by molar-refractivity contribution is 5.76. The number of piperazine rings is 1. The largest absolute Gasteiger partial charge is 0.463 e. The van der Waals surface area contributed by atoms with Gasteiger partial charge in [-0.3, -0.25) is 19.4 Å². The second kappa shape index (κ2) is 72.6. The van der Waals surface area contributed by atoms with Crippen LogP contribution in [-0.2, 0) is 75.9 Å². The molecular formula is C107H237N5O16. The first-order valence-electron chi connectivity index (χ1n) is 47.6. The summed E-state index contributed by atoms with van der Waals surface area (Å²) >= 11 is 0. The van der Waals surface area contributed by atoms with E-state index in [2.05, 4.69) is 296 Å². The lowest BCUT2D eigenvalue weighted by Crippen LogP contribution is -2.48. The minimum atomic E-state index is -0.427. The normalized spacial score (nSPS) is 13.8. The quantitative estimate of drug-likeness (QED) is 0.0300. The van der Waals surface area contributed by atoms with E-state index in [4.69, 9.17) is 66.3 Å². The number of hydrogen-bond donors (Lipinski definition) is 3. The summed E-state index contributed by atoms with van der Waals surface area (Å²) in [7, 11) is 0. The van der Waals surface area contributed by atoms with Crippen LogP contribution in [0.2, 0.25) is 0 Å². The zero-order valence-electron chi connectivity index (χ0n) is 93.9. The molecular weight excluding hydrogens is 1610 g/mol. The van der Waals surface area contributed by atoms with E-state index >= 15 is 0 Å². The smallest absolute Gasteiger partial charge is 0.311 e. The molecule has 1 rings (SSSR count). The van der Waals surface area contributed by atoms with Crippen molar-refractivity contribution in [3.63, 3.8) is 0 Å². The average molecular weight is 1850 g/mol. The van der Waals surface area contributed by atoms with E-state index in [-0.39, 0.29) is 117 Å². The minimum Gasteiger partial charge on any atom is -0.463 e. The molecule has 0 aliphatic carbocycles. The summed E-state index contributed by atoms with van der Waals surface area (Å²) in [5, 5.41) is 9.63. The van der Waals surface area contributed by atoms with E-state index in [9.17, 15) is 9.59 Å². The van der Waals surface area contributed by atoms with Crippen LogP contribution in [0, 0.1) is 48.7 Å². The fraction of sp³-hybridized carbons (Fsp3) is 0.981. The van der Waals surface area contributed by atoms with Gasteiger partial charge in [-0.15, -0.1) is 0 Å². The van der Waals surface area contributed by atoms with E-state index in [0.29, 0.717) is 76.9 Å². The zero-order valence-corrected chi connectivity index (χ0v) is 93.9. The predicted molar refractivity (Wildman–Crippen MR) is 557 cm³/mol. The summed E-state index contributed by atoms with van der Waals surface area (Å²) in [4.78, 5) is 27.6. The molecule has 21 nitrogen and oxygen atoms in total. The van der Waals surface area contributed by atoms with Crippen LogP contribution in [0.5, 0.6) is 0 Å². The van der Waals surface area contributed by atoms with E-state index < -0.39 is 5.41 Å². The van der Waals surface area contributed by atoms with Crippen LogP contribution < -0.4 is 16.0 Å². The number of esters is 1. The summed E-state index contributed by atoms with van der Waals surface area (Å²) in [6.07, 6.45) is 3.06. The van der Waals surface area contributed by atoms with Crippen molar-refractivity contribution in [2.24, 2.45) is 48.7 Å². The Morgan fingerprint density at radius 2 is 0.555 bits per heavy atom. The van der Waals surface area contributed by atoms with Gasteiger partial charge >= 0.3 is 5.97 Å². The predicted octanol–water partition coefficient (Wildman–Crippen LogP) is 25.8. The fourth-order valence-corrected chi connectivity index (χ4v) is 8.73. The standard InChI is InChI=1S/C17H36N2O2.C12H24O3.C12H26O2.C12H26O.C11H25NO.C11H24O2.C10H21NO2.C10H23NO.C9H20O2.3CH4/c1-16(2,3)15-20-13-11-18-7-9-19(10-8-18)12-14-21-17(4,5)6;1-11(2,3)9-14-7-8-15-10(13)12(4,5)6;1-11(2,3)9-13-7-8-14-10-12(4,5)6;1-11(2,3)8-7-9-13-10-12(4,5)6;1-10(2,3)9-13-8-7-12-11(4,5)6;1-10(2,3)9-12-7-8-13-11(4,5)6;1-8(2)13-7-6-9(12)11-10(3,4)5;1-9(2,3)11-7-8-12-10(4,5)6;1-8(2,3)10-7-11-9(4,5)6;;;/h7-15H2,1-6H3;7-9H2,1-6H3;7-10H2,1-6H3;7-10H2,1-6H3;12H,7-9H2,1-6H3;7-9H2,1-6H3;8H,6-7H2,1-5H3,(H,11,12);11H,7-8H2,1-6H3;7H2,1-6H3;3*1H4. The monoisotopic (exact) mass is 1850 g/mol. The molecule has 0 saturated carbocycles. The molecule has 0 aromatic heterocycles. The van der Waals surface area contributed by atoms with E-state index in [1.165, 1.54) is 12.8 Å². The summed E-state index contributed by atoms with van der Waals surface area (Å²) in [6.45, 7) is 134. The molecule has 1 amide bonds. The molecule has 786 valence electrons. The van der Waals surface area contributed by atoms with Crippen molar-refractivity contribution in [2.45, 2.75) is 459 Å². The third-order valence-corrected chi connectivity index (χ3v) is 14.6. The summed E-state index contributed by atoms with van der Waals surface area (Å²) in [6, 6.07) is 0. The maximum Gasteiger partial charge on any atom is 0.311 e. The van der Waals surface area contributed by atoms with Crippen molar-refractivity contribution in [3.8, 4) is 0 Å². The lowest BCUT2D eigenvalue weighted by Gasteiger charge is -2.35. The Morgan fingerprint density at radius 3 is 0.836 bits per heavy atom. The van der Waals surface area contributed by atoms with Gasteiger partial charge in [0.2, 0.25) is 5.91 Å². The Labute approximate surface area is 802 Å². The first-order valence-corrected chi connectivity index (χ1v) is 47.6. The van der Waals surface area contributed by atoms with Gasteiger partial charge in [-0.25, -0.2) is 0 Å². The van der Waals surface area contributed by atoms with Crippen molar-refractivity contribution in [2.75, 3.05) is 185 Å². The molecule has 0 radical (unpaired) electrons. The van der Waals surface area contributed by atoms with Gasteiger partial charge in [0.1, 0.15) is 13.4 Å². The van der Waals surface area contributed by atoms with Gasteiger partial charge in [0, 0.05) is 82.0 Å². The van der Waals surface area contributed by atoms with E-state index in [1.807, 2.05) is 96.9 Å². The molecule has 21 heteroatoms. The Balaban J connectivity index is -0.000000134. The van der Waals surface area contributed by atoms with Crippen LogP contribution in [-0.4, -0.2) is 257 Å². The molecule has 3 N–H and O–H groups in total. The number of nitrogens with one attached hydrogen (secondary N) is 3. The number of amides is 1. The Morgan fingerprint density at radius 1 is 0.289 bits per heavy atom. The van der Waals surface area contributed by atoms with Crippen LogP contribution in [0.15, 0.2) is 0 Å². The maximum atomic E-state index is 11.3. The van der Waals surface area contributed by atoms with Crippen molar-refractivity contribution < 1.29 is 75.9 Å². The van der Waals surface area contributed by atoms with Crippen LogP contribution >= 0.6 is 0 Å². The number of hydrogen-bond acceptors (Lipinski definition) is 20. The third-order valence-electron chi connectivity index (χ3n) is 14.6. The minimum absolute atomic E-state index is 0. The summed E-state index contributed by atoms with van der Waals surface area (Å²) < 4.78 is 76.7. The number of rotatable bonds is 37. The molecule has 1 fully saturated rings. The van der Waals surface area contributed by atoms with Gasteiger partial charge in [0.25, 0.3) is 0 Å². The van der Waals surface area contributed by atoms with Crippen LogP contribution in [0.25, 0.3) is 0 Å². The van der Waals surface area contributed by atoms with Crippen molar-refractivity contribution in [1.29, 1.82) is 0 Å². The molecule has 1 saturated heterocycles. The van der Waals surface area contributed by atoms with Gasteiger partial charge in [-0.2, -0.15) is 0 Å². The second-order valence-electron chi connectivity index (χ2n) is 52.4. The lowest BCUT2D eigenvalue weighted by atomic mass is 9.91. The summed E-state index contributed by atoms with van der Waals surface area (Å²) in [5.74, 6) is -0.130. The number of ether oxygens (including phenoxy) is 14. The van der Waals surface area contributed by atoms with Crippen molar-refractivity contribution >= 4 is 11.9 Å². The number of nitrogens with zero attached hydrogens (tertiary/aromatic N) is 2. The van der Waals surface area contributed by atoms with Crippen molar-refractivity contribution in [3.05, 3.63) is 0 Å². The van der Waals surface area contributed by atoms with Gasteiger partial charge in [-0.1, -0.05) is 188 Å². The topological polar surface area (TPSA) is 206 Å². The lowest BCUT2D eigenvalue weighted by molar-refractivity contribution is -0.163. The SMILES string of the molecule is C.C.C.CC(C)(C)CCCOCC(C)(C)C.CC(C)(C)COCCN1CCN(CCOC(C)(C)C)CC1.CC(C)(C)COCCNC(C)(C)C.CC(C)(C)COCCOC(=O)C(C)(C)C.CC(C)(C)COCCOC(C)(C)C.CC(C)(C)COCCOCC(C)(C)C.CC(C)(C)NCCOC(C)(C)C.CC(C)(C)OCOC(C)(C)C.CC(C)OCCC(=O)NC(C)(C)C. The van der Waals surface area contributed by atoms with Crippen LogP contribution in [0.4, 0.5) is 0 Å². The molecule has 0 aromatic carbocycles. The molecule has 1 aliphatic heterocycles. The Bertz CT molecular complexity index is 2280. The first-order chi connectivity index (χ1) is 55.3. The zero-order chi connectivity index (χ0) is 100. The average Bonchev–Trinajstić information content (AvgIpc) is 0.895. The number of carbonyl (C=O) groups is 2. The molecule has 1 heterocycles. The van der Waals surface area contributed by atoms with Crippen molar-refractivity contribution in [1.82, 2.24) is 25.8 Å². The highest BCUT2D eigenvalue weighted by Crippen LogP contribution is 2.23. The third kappa shape index (κ3) is 164. The molecule has 0 atom stereocenters. The second-order valence-corrected chi connectivity index (χ2v) is 52.4. The van der Waals surface area contributed by atoms with Gasteiger partial charge in [-0.05, 0) is 257 Å². The van der Waals surface area contributed by atoms with Crippen LogP contribution in [0.3, 0.4) is 0 Å². The van der Waals surface area contributed by atoms with Gasteiger partial charge < -0.3 is 82.3 Å². The highest BCUT2D eigenvalue weighted by Gasteiger charge is 2.25. The number of carbonyl (C=O) groups excluding carboxylic acids is 2.